The molecule has 0 bridgehead atoms. The van der Waals surface area contributed by atoms with Crippen molar-refractivity contribution in [1.82, 2.24) is 0 Å². The normalized spacial score (nSPS) is 16.7. The molecule has 8 nitrogen and oxygen atoms in total. The molecule has 2 aliphatic carbocycles. The average Bonchev–Trinajstić information content (AvgIpc) is 3.07. The summed E-state index contributed by atoms with van der Waals surface area (Å²) in [5.74, 6) is -1.79. The van der Waals surface area contributed by atoms with Crippen LogP contribution in [-0.4, -0.2) is 55.2 Å². The molecule has 266 valence electrons. The van der Waals surface area contributed by atoms with Crippen LogP contribution in [0.4, 0.5) is 0 Å². The van der Waals surface area contributed by atoms with Gasteiger partial charge in [0.25, 0.3) is 0 Å². The number of rotatable bonds is 7. The maximum Gasteiger partial charge on any atom is 0.167 e. The van der Waals surface area contributed by atoms with E-state index in [1.165, 1.54) is 12.8 Å². The van der Waals surface area contributed by atoms with E-state index >= 15 is 0 Å². The molecule has 0 aromatic heterocycles. The highest BCUT2D eigenvalue weighted by atomic mass is 16.3. The van der Waals surface area contributed by atoms with Crippen LogP contribution in [0.1, 0.15) is 137 Å². The zero-order chi connectivity index (χ0) is 36.0. The molecule has 6 rings (SSSR count). The third-order valence-electron chi connectivity index (χ3n) is 11.0. The number of hydrogen-bond acceptors (Lipinski definition) is 8. The standard InChI is InChI=1S/C42H52N2O6/c1-21(2)31-27-17-23(5)33(39(47)35(27)29(37(45)41(31)49)19-43-25-13-9-7-10-14-25)34-24(6)18-28-32(22(3)4)42(50)38(46)30(36(28)40(34)48)20-44-26-15-11-8-12-16-26/h17-22,25-26,45-50H,7-16H2,1-6H3. The molecule has 0 radical (unpaired) electrons. The van der Waals surface area contributed by atoms with E-state index in [4.69, 9.17) is 9.98 Å². The summed E-state index contributed by atoms with van der Waals surface area (Å²) < 4.78 is 0. The molecule has 2 fully saturated rings. The van der Waals surface area contributed by atoms with E-state index < -0.39 is 0 Å². The van der Waals surface area contributed by atoms with Gasteiger partial charge in [-0.2, -0.15) is 0 Å². The van der Waals surface area contributed by atoms with Crippen LogP contribution in [0.25, 0.3) is 32.7 Å². The van der Waals surface area contributed by atoms with Crippen molar-refractivity contribution >= 4 is 34.0 Å². The maximum absolute atomic E-state index is 12.3. The van der Waals surface area contributed by atoms with Crippen molar-refractivity contribution in [1.29, 1.82) is 0 Å². The summed E-state index contributed by atoms with van der Waals surface area (Å²) in [7, 11) is 0. The Labute approximate surface area is 294 Å². The van der Waals surface area contributed by atoms with E-state index in [9.17, 15) is 30.6 Å². The lowest BCUT2D eigenvalue weighted by atomic mass is 9.83. The van der Waals surface area contributed by atoms with Crippen LogP contribution in [0, 0.1) is 13.8 Å². The molecule has 0 heterocycles. The molecular weight excluding hydrogens is 628 g/mol. The molecule has 4 aromatic rings. The molecular formula is C42H52N2O6. The summed E-state index contributed by atoms with van der Waals surface area (Å²) in [5, 5.41) is 72.0. The molecule has 0 atom stereocenters. The van der Waals surface area contributed by atoms with Gasteiger partial charge in [0.15, 0.2) is 23.0 Å². The minimum absolute atomic E-state index is 0.0944. The highest BCUT2D eigenvalue weighted by Gasteiger charge is 2.30. The summed E-state index contributed by atoms with van der Waals surface area (Å²) in [6, 6.07) is 3.96. The van der Waals surface area contributed by atoms with Gasteiger partial charge in [0, 0.05) is 68.7 Å². The highest BCUT2D eigenvalue weighted by molar-refractivity contribution is 6.15. The van der Waals surface area contributed by atoms with E-state index in [2.05, 4.69) is 0 Å². The lowest BCUT2D eigenvalue weighted by Gasteiger charge is -2.24. The molecule has 0 saturated heterocycles. The number of phenolic OH excluding ortho intramolecular Hbond substituents is 6. The Balaban J connectivity index is 1.67. The zero-order valence-corrected chi connectivity index (χ0v) is 30.3. The van der Waals surface area contributed by atoms with Gasteiger partial charge in [-0.15, -0.1) is 0 Å². The summed E-state index contributed by atoms with van der Waals surface area (Å²) in [6.45, 7) is 11.4. The maximum atomic E-state index is 12.3. The lowest BCUT2D eigenvalue weighted by Crippen LogP contribution is -2.10. The van der Waals surface area contributed by atoms with E-state index in [0.717, 1.165) is 51.4 Å². The third-order valence-corrected chi connectivity index (χ3v) is 11.0. The Bertz CT molecular complexity index is 1870. The van der Waals surface area contributed by atoms with Crippen LogP contribution in [0.3, 0.4) is 0 Å². The molecule has 2 saturated carbocycles. The van der Waals surface area contributed by atoms with Crippen molar-refractivity contribution in [3.63, 3.8) is 0 Å². The second-order valence-corrected chi connectivity index (χ2v) is 15.2. The quantitative estimate of drug-likeness (QED) is 0.0846. The number of aryl methyl sites for hydroxylation is 2. The Morgan fingerprint density at radius 2 is 0.860 bits per heavy atom. The van der Waals surface area contributed by atoms with Gasteiger partial charge >= 0.3 is 0 Å². The fraction of sp³-hybridized carbons (Fsp3) is 0.476. The first-order valence-corrected chi connectivity index (χ1v) is 18.4. The Kier molecular flexibility index (Phi) is 9.93. The molecule has 2 aliphatic rings. The van der Waals surface area contributed by atoms with Crippen molar-refractivity contribution in [3.05, 3.63) is 45.5 Å². The molecule has 0 unspecified atom stereocenters. The minimum Gasteiger partial charge on any atom is -0.507 e. The molecule has 50 heavy (non-hydrogen) atoms. The summed E-state index contributed by atoms with van der Waals surface area (Å²) in [4.78, 5) is 9.63. The average molecular weight is 681 g/mol. The van der Waals surface area contributed by atoms with Crippen molar-refractivity contribution in [2.24, 2.45) is 9.98 Å². The highest BCUT2D eigenvalue weighted by Crippen LogP contribution is 2.54. The van der Waals surface area contributed by atoms with Crippen molar-refractivity contribution in [2.75, 3.05) is 0 Å². The van der Waals surface area contributed by atoms with Crippen LogP contribution in [0.2, 0.25) is 0 Å². The lowest BCUT2D eigenvalue weighted by molar-refractivity contribution is 0.398. The number of nitrogens with zero attached hydrogens (tertiary/aromatic N) is 2. The van der Waals surface area contributed by atoms with Crippen LogP contribution in [0.5, 0.6) is 34.5 Å². The summed E-state index contributed by atoms with van der Waals surface area (Å²) >= 11 is 0. The first-order valence-electron chi connectivity index (χ1n) is 18.4. The fourth-order valence-electron chi connectivity index (χ4n) is 8.44. The van der Waals surface area contributed by atoms with Gasteiger partial charge in [-0.25, -0.2) is 0 Å². The van der Waals surface area contributed by atoms with Gasteiger partial charge in [0.1, 0.15) is 11.5 Å². The van der Waals surface area contributed by atoms with Gasteiger partial charge < -0.3 is 30.6 Å². The van der Waals surface area contributed by atoms with Gasteiger partial charge in [-0.1, -0.05) is 78.4 Å². The number of benzene rings is 4. The number of aromatic hydroxyl groups is 6. The molecule has 0 amide bonds. The van der Waals surface area contributed by atoms with Gasteiger partial charge in [-0.05, 0) is 73.3 Å². The van der Waals surface area contributed by atoms with E-state index in [0.29, 0.717) is 54.9 Å². The van der Waals surface area contributed by atoms with Gasteiger partial charge in [0.05, 0.1) is 0 Å². The van der Waals surface area contributed by atoms with E-state index in [-0.39, 0.29) is 69.5 Å². The number of fused-ring (bicyclic) bond motifs is 2. The second-order valence-electron chi connectivity index (χ2n) is 15.2. The van der Waals surface area contributed by atoms with Crippen LogP contribution >= 0.6 is 0 Å². The first-order chi connectivity index (χ1) is 23.8. The largest absolute Gasteiger partial charge is 0.507 e. The number of aliphatic imine (C=N–C) groups is 2. The minimum atomic E-state index is -0.339. The second kappa shape index (κ2) is 14.0. The number of phenols is 6. The Morgan fingerprint density at radius 1 is 0.520 bits per heavy atom. The fourth-order valence-corrected chi connectivity index (χ4v) is 8.44. The Morgan fingerprint density at radius 3 is 1.18 bits per heavy atom. The summed E-state index contributed by atoms with van der Waals surface area (Å²) in [6.07, 6.45) is 13.6. The Hall–Kier alpha value is -4.46. The smallest absolute Gasteiger partial charge is 0.167 e. The zero-order valence-electron chi connectivity index (χ0n) is 30.3. The molecule has 6 N–H and O–H groups in total. The van der Waals surface area contributed by atoms with Crippen LogP contribution in [-0.2, 0) is 0 Å². The van der Waals surface area contributed by atoms with E-state index in [1.807, 2.05) is 53.7 Å². The molecule has 4 aromatic carbocycles. The van der Waals surface area contributed by atoms with Gasteiger partial charge in [0.2, 0.25) is 0 Å². The van der Waals surface area contributed by atoms with Crippen LogP contribution in [0.15, 0.2) is 22.1 Å². The summed E-state index contributed by atoms with van der Waals surface area (Å²) in [5.41, 5.74) is 3.53. The monoisotopic (exact) mass is 680 g/mol. The predicted molar refractivity (Wildman–Crippen MR) is 203 cm³/mol. The third kappa shape index (κ3) is 6.11. The molecule has 0 aliphatic heterocycles. The van der Waals surface area contributed by atoms with Crippen molar-refractivity contribution < 1.29 is 30.6 Å². The number of hydrogen-bond donors (Lipinski definition) is 6. The SMILES string of the molecule is Cc1cc2c(C(C)C)c(O)c(O)c(C=NC3CCCCC3)c2c(O)c1-c1c(C)cc2c(C(C)C)c(O)c(O)c(C=NC3CCCCC3)c2c1O. The molecule has 0 spiro atoms. The topological polar surface area (TPSA) is 146 Å². The first kappa shape index (κ1) is 35.4. The van der Waals surface area contributed by atoms with Crippen molar-refractivity contribution in [2.45, 2.75) is 130 Å². The van der Waals surface area contributed by atoms with Crippen LogP contribution < -0.4 is 0 Å². The predicted octanol–water partition coefficient (Wildman–Crippen LogP) is 10.3. The van der Waals surface area contributed by atoms with Gasteiger partial charge in [-0.3, -0.25) is 9.98 Å². The molecule has 8 heteroatoms. The van der Waals surface area contributed by atoms with E-state index in [1.54, 1.807) is 12.4 Å². The van der Waals surface area contributed by atoms with Crippen molar-refractivity contribution in [3.8, 4) is 45.6 Å².